The molecule has 3 amide bonds. The first-order chi connectivity index (χ1) is 18.6. The van der Waals surface area contributed by atoms with E-state index in [9.17, 15) is 18.8 Å². The highest BCUT2D eigenvalue weighted by atomic mass is 19.1. The molecule has 0 aliphatic carbocycles. The molecule has 2 N–H and O–H groups in total. The number of hydrogen-bond donors (Lipinski definition) is 2. The SMILES string of the molecule is COc1cc(CNC(=O)c2cc3n(n2)C[C@@](C)(C(=O)NCc2ccc(F)cc2)N(C)C3=O)cc(OC)c1OC. The summed E-state index contributed by atoms with van der Waals surface area (Å²) in [5, 5.41) is 9.89. The predicted molar refractivity (Wildman–Crippen MR) is 138 cm³/mol. The lowest BCUT2D eigenvalue weighted by Crippen LogP contribution is -2.62. The maximum Gasteiger partial charge on any atom is 0.272 e. The van der Waals surface area contributed by atoms with Gasteiger partial charge in [-0.2, -0.15) is 5.10 Å². The van der Waals surface area contributed by atoms with Crippen molar-refractivity contribution in [2.45, 2.75) is 32.1 Å². The van der Waals surface area contributed by atoms with Gasteiger partial charge in [-0.1, -0.05) is 12.1 Å². The number of halogens is 1. The second kappa shape index (κ2) is 11.0. The molecule has 1 aromatic heterocycles. The second-order valence-electron chi connectivity index (χ2n) is 9.24. The van der Waals surface area contributed by atoms with Crippen LogP contribution in [0.25, 0.3) is 0 Å². The van der Waals surface area contributed by atoms with Crippen LogP contribution in [0.2, 0.25) is 0 Å². The molecule has 3 aromatic rings. The third-order valence-corrected chi connectivity index (χ3v) is 6.77. The minimum atomic E-state index is -1.26. The van der Waals surface area contributed by atoms with Crippen LogP contribution in [-0.2, 0) is 24.4 Å². The monoisotopic (exact) mass is 539 g/mol. The highest BCUT2D eigenvalue weighted by Crippen LogP contribution is 2.38. The smallest absolute Gasteiger partial charge is 0.272 e. The van der Waals surface area contributed by atoms with Crippen LogP contribution in [0, 0.1) is 5.82 Å². The molecule has 1 aliphatic rings. The van der Waals surface area contributed by atoms with E-state index in [0.717, 1.165) is 0 Å². The number of fused-ring (bicyclic) bond motifs is 1. The lowest BCUT2D eigenvalue weighted by molar-refractivity contribution is -0.132. The minimum Gasteiger partial charge on any atom is -0.493 e. The van der Waals surface area contributed by atoms with Crippen molar-refractivity contribution in [3.05, 3.63) is 70.8 Å². The Morgan fingerprint density at radius 2 is 1.59 bits per heavy atom. The molecule has 39 heavy (non-hydrogen) atoms. The van der Waals surface area contributed by atoms with Crippen molar-refractivity contribution in [2.75, 3.05) is 28.4 Å². The molecule has 2 heterocycles. The second-order valence-corrected chi connectivity index (χ2v) is 9.24. The van der Waals surface area contributed by atoms with Gasteiger partial charge in [-0.15, -0.1) is 0 Å². The maximum absolute atomic E-state index is 13.2. The first kappa shape index (κ1) is 27.4. The normalized spacial score (nSPS) is 16.4. The van der Waals surface area contributed by atoms with Crippen LogP contribution >= 0.6 is 0 Å². The Morgan fingerprint density at radius 1 is 0.974 bits per heavy atom. The molecule has 0 unspecified atom stereocenters. The van der Waals surface area contributed by atoms with E-state index in [0.29, 0.717) is 28.4 Å². The van der Waals surface area contributed by atoms with E-state index in [2.05, 4.69) is 15.7 Å². The molecule has 11 nitrogen and oxygen atoms in total. The molecule has 0 fully saturated rings. The first-order valence-corrected chi connectivity index (χ1v) is 12.1. The average Bonchev–Trinajstić information content (AvgIpc) is 3.37. The van der Waals surface area contributed by atoms with Crippen molar-refractivity contribution in [3.8, 4) is 17.2 Å². The maximum atomic E-state index is 13.2. The number of hydrogen-bond acceptors (Lipinski definition) is 7. The van der Waals surface area contributed by atoms with Crippen molar-refractivity contribution in [2.24, 2.45) is 0 Å². The Balaban J connectivity index is 1.47. The number of benzene rings is 2. The number of aromatic nitrogens is 2. The Bertz CT molecular complexity index is 1380. The number of rotatable bonds is 9. The van der Waals surface area contributed by atoms with Gasteiger partial charge in [0.1, 0.15) is 17.1 Å². The molecule has 0 saturated heterocycles. The van der Waals surface area contributed by atoms with Gasteiger partial charge < -0.3 is 29.7 Å². The number of amides is 3. The molecule has 206 valence electrons. The van der Waals surface area contributed by atoms with Crippen LogP contribution in [0.3, 0.4) is 0 Å². The van der Waals surface area contributed by atoms with E-state index < -0.39 is 23.3 Å². The van der Waals surface area contributed by atoms with Gasteiger partial charge in [-0.05, 0) is 42.3 Å². The number of likely N-dealkylation sites (N-methyl/N-ethyl adjacent to an activating group) is 1. The van der Waals surface area contributed by atoms with Crippen molar-refractivity contribution in [3.63, 3.8) is 0 Å². The fraction of sp³-hybridized carbons (Fsp3) is 0.333. The highest BCUT2D eigenvalue weighted by Gasteiger charge is 2.46. The van der Waals surface area contributed by atoms with E-state index in [-0.39, 0.29) is 36.8 Å². The molecule has 2 aromatic carbocycles. The van der Waals surface area contributed by atoms with Gasteiger partial charge >= 0.3 is 0 Å². The van der Waals surface area contributed by atoms with Crippen LogP contribution in [0.5, 0.6) is 17.2 Å². The molecule has 0 spiro atoms. The molecule has 12 heteroatoms. The van der Waals surface area contributed by atoms with Gasteiger partial charge in [0.15, 0.2) is 17.2 Å². The Morgan fingerprint density at radius 3 is 2.18 bits per heavy atom. The lowest BCUT2D eigenvalue weighted by atomic mass is 9.96. The largest absolute Gasteiger partial charge is 0.493 e. The standard InChI is InChI=1S/C27H30FN5O6/c1-27(26(36)30-13-16-6-8-18(28)9-7-16)15-33-20(25(35)32(27)2)12-19(31-33)24(34)29-14-17-10-21(37-3)23(39-5)22(11-17)38-4/h6-12H,13-15H2,1-5H3,(H,29,34)(H,30,36)/t27-/m0/s1. The van der Waals surface area contributed by atoms with E-state index in [4.69, 9.17) is 14.2 Å². The number of nitrogens with one attached hydrogen (secondary N) is 2. The average molecular weight is 540 g/mol. The summed E-state index contributed by atoms with van der Waals surface area (Å²) in [5.74, 6) is -0.389. The van der Waals surface area contributed by atoms with Gasteiger partial charge in [0.2, 0.25) is 11.7 Å². The summed E-state index contributed by atoms with van der Waals surface area (Å²) < 4.78 is 30.6. The molecular formula is C27H30FN5O6. The topological polar surface area (TPSA) is 124 Å². The quantitative estimate of drug-likeness (QED) is 0.427. The third-order valence-electron chi connectivity index (χ3n) is 6.77. The third kappa shape index (κ3) is 5.35. The zero-order valence-electron chi connectivity index (χ0n) is 22.3. The summed E-state index contributed by atoms with van der Waals surface area (Å²) in [4.78, 5) is 40.5. The zero-order chi connectivity index (χ0) is 28.3. The summed E-state index contributed by atoms with van der Waals surface area (Å²) in [7, 11) is 6.03. The van der Waals surface area contributed by atoms with Gasteiger partial charge in [-0.25, -0.2) is 4.39 Å². The summed E-state index contributed by atoms with van der Waals surface area (Å²) in [5.41, 5.74) is 0.376. The van der Waals surface area contributed by atoms with Crippen LogP contribution in [-0.4, -0.2) is 66.3 Å². The Kier molecular flexibility index (Phi) is 7.75. The van der Waals surface area contributed by atoms with Crippen molar-refractivity contribution >= 4 is 17.7 Å². The van der Waals surface area contributed by atoms with Crippen LogP contribution in [0.15, 0.2) is 42.5 Å². The molecule has 0 bridgehead atoms. The van der Waals surface area contributed by atoms with Crippen molar-refractivity contribution in [1.82, 2.24) is 25.3 Å². The summed E-state index contributed by atoms with van der Waals surface area (Å²) >= 11 is 0. The van der Waals surface area contributed by atoms with Gasteiger partial charge in [-0.3, -0.25) is 19.1 Å². The summed E-state index contributed by atoms with van der Waals surface area (Å²) in [6, 6.07) is 10.6. The van der Waals surface area contributed by atoms with Crippen molar-refractivity contribution in [1.29, 1.82) is 0 Å². The van der Waals surface area contributed by atoms with E-state index in [1.807, 2.05) is 0 Å². The number of carbonyl (C=O) groups excluding carboxylic acids is 3. The molecule has 0 saturated carbocycles. The summed E-state index contributed by atoms with van der Waals surface area (Å²) in [6.07, 6.45) is 0. The molecular weight excluding hydrogens is 509 g/mol. The first-order valence-electron chi connectivity index (χ1n) is 12.1. The van der Waals surface area contributed by atoms with Crippen molar-refractivity contribution < 1.29 is 33.0 Å². The number of methoxy groups -OCH3 is 3. The number of ether oxygens (including phenoxy) is 3. The van der Waals surface area contributed by atoms with Crippen LogP contribution in [0.4, 0.5) is 4.39 Å². The van der Waals surface area contributed by atoms with Crippen LogP contribution < -0.4 is 24.8 Å². The molecule has 4 rings (SSSR count). The Labute approximate surface area is 224 Å². The molecule has 0 radical (unpaired) electrons. The fourth-order valence-electron chi connectivity index (χ4n) is 4.32. The fourth-order valence-corrected chi connectivity index (χ4v) is 4.32. The molecule has 1 atom stereocenters. The van der Waals surface area contributed by atoms with Gasteiger partial charge in [0, 0.05) is 26.2 Å². The molecule has 1 aliphatic heterocycles. The van der Waals surface area contributed by atoms with E-state index >= 15 is 0 Å². The number of nitrogens with zero attached hydrogens (tertiary/aromatic N) is 3. The lowest BCUT2D eigenvalue weighted by Gasteiger charge is -2.40. The highest BCUT2D eigenvalue weighted by molar-refractivity contribution is 6.01. The van der Waals surface area contributed by atoms with E-state index in [1.165, 1.54) is 56.2 Å². The minimum absolute atomic E-state index is 0.0372. The Hall–Kier alpha value is -4.61. The van der Waals surface area contributed by atoms with Gasteiger partial charge in [0.05, 0.1) is 27.9 Å². The number of carbonyl (C=O) groups is 3. The van der Waals surface area contributed by atoms with Gasteiger partial charge in [0.25, 0.3) is 11.8 Å². The summed E-state index contributed by atoms with van der Waals surface area (Å²) in [6.45, 7) is 1.96. The van der Waals surface area contributed by atoms with E-state index in [1.54, 1.807) is 31.2 Å². The zero-order valence-corrected chi connectivity index (χ0v) is 22.3. The van der Waals surface area contributed by atoms with Crippen LogP contribution in [0.1, 0.15) is 39.0 Å². The predicted octanol–water partition coefficient (Wildman–Crippen LogP) is 2.14.